The maximum Gasteiger partial charge on any atom is 0.339 e. The molecule has 1 fully saturated rings. The van der Waals surface area contributed by atoms with Crippen molar-refractivity contribution >= 4 is 28.3 Å². The van der Waals surface area contributed by atoms with E-state index in [1.165, 1.54) is 7.11 Å². The fourth-order valence-electron chi connectivity index (χ4n) is 2.55. The summed E-state index contributed by atoms with van der Waals surface area (Å²) < 4.78 is 4.73. The second-order valence-corrected chi connectivity index (χ2v) is 6.25. The van der Waals surface area contributed by atoms with Gasteiger partial charge in [-0.3, -0.25) is 4.79 Å². The third-order valence-corrected chi connectivity index (χ3v) is 4.73. The van der Waals surface area contributed by atoms with Crippen LogP contribution in [0.25, 0.3) is 0 Å². The summed E-state index contributed by atoms with van der Waals surface area (Å²) in [4.78, 5) is 32.2. The van der Waals surface area contributed by atoms with E-state index in [9.17, 15) is 9.59 Å². The lowest BCUT2D eigenvalue weighted by molar-refractivity contribution is -0.125. The Morgan fingerprint density at radius 1 is 1.20 bits per heavy atom. The second-order valence-electron chi connectivity index (χ2n) is 5.38. The molecular weight excluding hydrogens is 338 g/mol. The number of amides is 1. The van der Waals surface area contributed by atoms with Crippen LogP contribution in [-0.4, -0.2) is 55.0 Å². The quantitative estimate of drug-likeness (QED) is 0.605. The largest absolute Gasteiger partial charge is 0.465 e. The lowest BCUT2D eigenvalue weighted by Gasteiger charge is -2.33. The lowest BCUT2D eigenvalue weighted by Crippen LogP contribution is -2.48. The van der Waals surface area contributed by atoms with E-state index in [1.807, 2.05) is 5.38 Å². The number of rotatable bonds is 2. The highest BCUT2D eigenvalue weighted by atomic mass is 32.1. The van der Waals surface area contributed by atoms with Crippen molar-refractivity contribution in [2.24, 2.45) is 0 Å². The third-order valence-electron chi connectivity index (χ3n) is 3.89. The minimum atomic E-state index is -0.464. The van der Waals surface area contributed by atoms with Crippen molar-refractivity contribution in [2.75, 3.05) is 38.2 Å². The summed E-state index contributed by atoms with van der Waals surface area (Å²) in [6.07, 6.45) is 1.78. The van der Waals surface area contributed by atoms with Gasteiger partial charge in [-0.2, -0.15) is 0 Å². The Morgan fingerprint density at radius 2 is 1.96 bits per heavy atom. The molecule has 1 amide bonds. The number of hydrogen-bond acceptors (Lipinski definition) is 6. The molecule has 128 valence electrons. The number of nitrogens with zero attached hydrogens (tertiary/aromatic N) is 3. The minimum absolute atomic E-state index is 0.238. The van der Waals surface area contributed by atoms with Crippen LogP contribution in [0.4, 0.5) is 5.13 Å². The van der Waals surface area contributed by atoms with Crippen LogP contribution in [0.2, 0.25) is 0 Å². The average molecular weight is 355 g/mol. The average Bonchev–Trinajstić information content (AvgIpc) is 3.20. The first-order valence-electron chi connectivity index (χ1n) is 7.82. The van der Waals surface area contributed by atoms with Gasteiger partial charge in [-0.05, 0) is 12.1 Å². The standard InChI is InChI=1S/C18H17N3O3S/c1-24-17(23)15-5-3-2-4-14(15)6-7-16(22)20-9-11-21(12-10-20)18-19-8-13-25-18/h2-5,8,13H,9-12H2,1H3. The van der Waals surface area contributed by atoms with Crippen molar-refractivity contribution in [1.29, 1.82) is 0 Å². The molecule has 1 aliphatic rings. The molecule has 1 saturated heterocycles. The van der Waals surface area contributed by atoms with Crippen LogP contribution in [0.3, 0.4) is 0 Å². The molecule has 2 aromatic rings. The Bertz CT molecular complexity index is 816. The molecule has 0 N–H and O–H groups in total. The number of ether oxygens (including phenoxy) is 1. The molecule has 1 aromatic carbocycles. The van der Waals surface area contributed by atoms with E-state index >= 15 is 0 Å². The first-order chi connectivity index (χ1) is 12.2. The summed E-state index contributed by atoms with van der Waals surface area (Å²) in [5.74, 6) is 4.73. The van der Waals surface area contributed by atoms with Gasteiger partial charge in [0.1, 0.15) is 0 Å². The van der Waals surface area contributed by atoms with Crippen molar-refractivity contribution in [3.63, 3.8) is 0 Å². The van der Waals surface area contributed by atoms with Gasteiger partial charge in [0.05, 0.1) is 12.7 Å². The van der Waals surface area contributed by atoms with Crippen LogP contribution in [0.5, 0.6) is 0 Å². The lowest BCUT2D eigenvalue weighted by atomic mass is 10.1. The second kappa shape index (κ2) is 7.81. The molecule has 1 aromatic heterocycles. The minimum Gasteiger partial charge on any atom is -0.465 e. The molecule has 0 atom stereocenters. The molecule has 0 aliphatic carbocycles. The van der Waals surface area contributed by atoms with Gasteiger partial charge in [0.2, 0.25) is 0 Å². The third kappa shape index (κ3) is 3.98. The van der Waals surface area contributed by atoms with Crippen molar-refractivity contribution in [3.05, 3.63) is 47.0 Å². The maximum absolute atomic E-state index is 12.3. The van der Waals surface area contributed by atoms with E-state index in [0.29, 0.717) is 24.2 Å². The van der Waals surface area contributed by atoms with Gasteiger partial charge in [0.25, 0.3) is 5.91 Å². The van der Waals surface area contributed by atoms with E-state index < -0.39 is 5.97 Å². The van der Waals surface area contributed by atoms with Gasteiger partial charge in [-0.15, -0.1) is 11.3 Å². The normalized spacial score (nSPS) is 13.8. The number of carbonyl (C=O) groups is 2. The SMILES string of the molecule is COC(=O)c1ccccc1C#CC(=O)N1CCN(c2nccs2)CC1. The van der Waals surface area contributed by atoms with Gasteiger partial charge in [0, 0.05) is 49.2 Å². The van der Waals surface area contributed by atoms with Crippen LogP contribution in [-0.2, 0) is 9.53 Å². The molecule has 3 rings (SSSR count). The number of carbonyl (C=O) groups excluding carboxylic acids is 2. The Balaban J connectivity index is 1.65. The van der Waals surface area contributed by atoms with Crippen LogP contribution < -0.4 is 4.90 Å². The highest BCUT2D eigenvalue weighted by Gasteiger charge is 2.21. The van der Waals surface area contributed by atoms with Gasteiger partial charge in [-0.1, -0.05) is 18.1 Å². The topological polar surface area (TPSA) is 62.7 Å². The Labute approximate surface area is 150 Å². The van der Waals surface area contributed by atoms with Crippen molar-refractivity contribution in [3.8, 4) is 11.8 Å². The summed E-state index contributed by atoms with van der Waals surface area (Å²) >= 11 is 1.59. The zero-order chi connectivity index (χ0) is 17.6. The van der Waals surface area contributed by atoms with Crippen LogP contribution in [0.1, 0.15) is 15.9 Å². The Morgan fingerprint density at radius 3 is 2.64 bits per heavy atom. The molecule has 1 aliphatic heterocycles. The first-order valence-corrected chi connectivity index (χ1v) is 8.69. The predicted molar refractivity (Wildman–Crippen MR) is 95.6 cm³/mol. The summed E-state index contributed by atoms with van der Waals surface area (Å²) in [5.41, 5.74) is 0.850. The number of methoxy groups -OCH3 is 1. The number of esters is 1. The van der Waals surface area contributed by atoms with Gasteiger partial charge in [0.15, 0.2) is 5.13 Å². The number of anilines is 1. The van der Waals surface area contributed by atoms with Crippen LogP contribution >= 0.6 is 11.3 Å². The Hall–Kier alpha value is -2.85. The summed E-state index contributed by atoms with van der Waals surface area (Å²) in [6, 6.07) is 6.84. The molecule has 6 nitrogen and oxygen atoms in total. The predicted octanol–water partition coefficient (Wildman–Crippen LogP) is 1.63. The molecule has 7 heteroatoms. The molecule has 2 heterocycles. The number of thiazole rings is 1. The van der Waals surface area contributed by atoms with Crippen LogP contribution in [0, 0.1) is 11.8 Å². The summed E-state index contributed by atoms with van der Waals surface area (Å²) in [7, 11) is 1.32. The fourth-order valence-corrected chi connectivity index (χ4v) is 3.25. The number of benzene rings is 1. The highest BCUT2D eigenvalue weighted by molar-refractivity contribution is 7.13. The molecule has 0 unspecified atom stereocenters. The number of hydrogen-bond donors (Lipinski definition) is 0. The van der Waals surface area contributed by atoms with Gasteiger partial charge < -0.3 is 14.5 Å². The smallest absolute Gasteiger partial charge is 0.339 e. The zero-order valence-corrected chi connectivity index (χ0v) is 14.6. The zero-order valence-electron chi connectivity index (χ0n) is 13.8. The van der Waals surface area contributed by atoms with Gasteiger partial charge >= 0.3 is 5.97 Å². The van der Waals surface area contributed by atoms with Gasteiger partial charge in [-0.25, -0.2) is 9.78 Å². The molecule has 0 saturated carbocycles. The van der Waals surface area contributed by atoms with E-state index in [1.54, 1.807) is 46.7 Å². The maximum atomic E-state index is 12.3. The number of piperazine rings is 1. The fraction of sp³-hybridized carbons (Fsp3) is 0.278. The molecule has 0 radical (unpaired) electrons. The van der Waals surface area contributed by atoms with Crippen molar-refractivity contribution < 1.29 is 14.3 Å². The highest BCUT2D eigenvalue weighted by Crippen LogP contribution is 2.18. The summed E-state index contributed by atoms with van der Waals surface area (Å²) in [6.45, 7) is 2.68. The first kappa shape index (κ1) is 17.0. The van der Waals surface area contributed by atoms with E-state index in [2.05, 4.69) is 21.7 Å². The van der Waals surface area contributed by atoms with Crippen molar-refractivity contribution in [2.45, 2.75) is 0 Å². The monoisotopic (exact) mass is 355 g/mol. The van der Waals surface area contributed by atoms with E-state index in [4.69, 9.17) is 4.74 Å². The molecular formula is C18H17N3O3S. The van der Waals surface area contributed by atoms with Crippen molar-refractivity contribution in [1.82, 2.24) is 9.88 Å². The van der Waals surface area contributed by atoms with E-state index in [0.717, 1.165) is 18.2 Å². The molecule has 25 heavy (non-hydrogen) atoms. The Kier molecular flexibility index (Phi) is 5.31. The number of aromatic nitrogens is 1. The molecule has 0 bridgehead atoms. The van der Waals surface area contributed by atoms with Crippen LogP contribution in [0.15, 0.2) is 35.8 Å². The summed E-state index contributed by atoms with van der Waals surface area (Å²) in [5, 5.41) is 2.92. The van der Waals surface area contributed by atoms with E-state index in [-0.39, 0.29) is 5.91 Å². The molecule has 0 spiro atoms.